The third-order valence-corrected chi connectivity index (χ3v) is 4.98. The van der Waals surface area contributed by atoms with Crippen LogP contribution in [0.3, 0.4) is 0 Å². The molecule has 0 aliphatic heterocycles. The number of nitrogens with one attached hydrogen (secondary N) is 1. The highest BCUT2D eigenvalue weighted by Gasteiger charge is 2.22. The summed E-state index contributed by atoms with van der Waals surface area (Å²) in [4.78, 5) is 23.6. The minimum Gasteiger partial charge on any atom is -0.355 e. The van der Waals surface area contributed by atoms with Crippen LogP contribution in [0.25, 0.3) is 0 Å². The van der Waals surface area contributed by atoms with Crippen molar-refractivity contribution in [3.8, 4) is 0 Å². The quantitative estimate of drug-likeness (QED) is 0.353. The van der Waals surface area contributed by atoms with Crippen LogP contribution in [0, 0.1) is 0 Å². The summed E-state index contributed by atoms with van der Waals surface area (Å²) < 4.78 is 0. The van der Waals surface area contributed by atoms with Gasteiger partial charge in [0, 0.05) is 20.1 Å². The van der Waals surface area contributed by atoms with Crippen LogP contribution in [-0.2, 0) is 13.1 Å². The van der Waals surface area contributed by atoms with E-state index in [1.807, 2.05) is 78.9 Å². The lowest BCUT2D eigenvalue weighted by molar-refractivity contribution is 0.0950. The summed E-state index contributed by atoms with van der Waals surface area (Å²) in [5, 5.41) is 3.60. The molecule has 1 amide bonds. The fourth-order valence-corrected chi connectivity index (χ4v) is 3.43. The van der Waals surface area contributed by atoms with Crippen molar-refractivity contribution < 1.29 is 4.79 Å². The van der Waals surface area contributed by atoms with Gasteiger partial charge in [-0.05, 0) is 17.4 Å². The van der Waals surface area contributed by atoms with E-state index in [-0.39, 0.29) is 16.6 Å². The van der Waals surface area contributed by atoms with Crippen LogP contribution >= 0.6 is 23.4 Å². The van der Waals surface area contributed by atoms with Crippen molar-refractivity contribution in [2.75, 3.05) is 18.2 Å². The van der Waals surface area contributed by atoms with Crippen LogP contribution in [-0.4, -0.2) is 29.2 Å². The second-order valence-electron chi connectivity index (χ2n) is 6.21. The Morgan fingerprint density at radius 2 is 1.64 bits per heavy atom. The van der Waals surface area contributed by atoms with Crippen LogP contribution in [0.5, 0.6) is 0 Å². The molecule has 1 heterocycles. The van der Waals surface area contributed by atoms with E-state index >= 15 is 0 Å². The normalized spacial score (nSPS) is 10.5. The van der Waals surface area contributed by atoms with E-state index in [0.717, 1.165) is 11.1 Å². The van der Waals surface area contributed by atoms with Crippen LogP contribution < -0.4 is 10.2 Å². The number of carbonyl (C=O) groups excluding carboxylic acids is 1. The number of hydrogen-bond donors (Lipinski definition) is 1. The first-order valence-electron chi connectivity index (χ1n) is 8.77. The van der Waals surface area contributed by atoms with E-state index < -0.39 is 0 Å². The van der Waals surface area contributed by atoms with Crippen molar-refractivity contribution in [2.45, 2.75) is 18.2 Å². The van der Waals surface area contributed by atoms with Gasteiger partial charge in [-0.3, -0.25) is 4.79 Å². The summed E-state index contributed by atoms with van der Waals surface area (Å²) in [6.07, 6.45) is 1.88. The zero-order valence-corrected chi connectivity index (χ0v) is 17.3. The molecule has 0 saturated carbocycles. The molecule has 28 heavy (non-hydrogen) atoms. The van der Waals surface area contributed by atoms with E-state index in [1.54, 1.807) is 0 Å². The number of benzene rings is 2. The first-order chi connectivity index (χ1) is 13.6. The van der Waals surface area contributed by atoms with Gasteiger partial charge in [-0.2, -0.15) is 0 Å². The van der Waals surface area contributed by atoms with Crippen molar-refractivity contribution in [3.63, 3.8) is 0 Å². The predicted molar refractivity (Wildman–Crippen MR) is 115 cm³/mol. The lowest BCUT2D eigenvalue weighted by atomic mass is 10.2. The molecule has 3 aromatic rings. The highest BCUT2D eigenvalue weighted by atomic mass is 35.5. The van der Waals surface area contributed by atoms with Crippen LogP contribution in [0.4, 0.5) is 5.82 Å². The standard InChI is InChI=1S/C21H21ClN4OS/c1-26(14-16-11-7-4-8-12-16)19-17(18(22)24-21(25-19)28-2)20(27)23-13-15-9-5-3-6-10-15/h3-12H,13-14H2,1-2H3,(H,23,27). The maximum Gasteiger partial charge on any atom is 0.258 e. The Labute approximate surface area is 174 Å². The van der Waals surface area contributed by atoms with Gasteiger partial charge in [0.25, 0.3) is 5.91 Å². The summed E-state index contributed by atoms with van der Waals surface area (Å²) in [6.45, 7) is 1.00. The molecule has 0 atom stereocenters. The molecule has 0 aliphatic rings. The third-order valence-electron chi connectivity index (χ3n) is 4.15. The van der Waals surface area contributed by atoms with Crippen molar-refractivity contribution in [1.29, 1.82) is 0 Å². The lowest BCUT2D eigenvalue weighted by Gasteiger charge is -2.22. The lowest BCUT2D eigenvalue weighted by Crippen LogP contribution is -2.28. The summed E-state index contributed by atoms with van der Waals surface area (Å²) in [6, 6.07) is 19.7. The molecule has 0 spiro atoms. The molecule has 7 heteroatoms. The molecule has 1 N–H and O–H groups in total. The van der Waals surface area contributed by atoms with Crippen molar-refractivity contribution in [1.82, 2.24) is 15.3 Å². The van der Waals surface area contributed by atoms with Gasteiger partial charge < -0.3 is 10.2 Å². The van der Waals surface area contributed by atoms with Crippen molar-refractivity contribution in [3.05, 3.63) is 82.5 Å². The largest absolute Gasteiger partial charge is 0.355 e. The first kappa shape index (κ1) is 20.2. The molecule has 0 radical (unpaired) electrons. The van der Waals surface area contributed by atoms with E-state index in [0.29, 0.717) is 24.1 Å². The Bertz CT molecular complexity index is 938. The molecule has 0 fully saturated rings. The number of amides is 1. The highest BCUT2D eigenvalue weighted by molar-refractivity contribution is 7.98. The molecular formula is C21H21ClN4OS. The molecule has 0 saturated heterocycles. The van der Waals surface area contributed by atoms with Crippen molar-refractivity contribution >= 4 is 35.1 Å². The van der Waals surface area contributed by atoms with Gasteiger partial charge in [-0.25, -0.2) is 9.97 Å². The fraction of sp³-hybridized carbons (Fsp3) is 0.190. The highest BCUT2D eigenvalue weighted by Crippen LogP contribution is 2.27. The molecule has 0 bridgehead atoms. The Kier molecular flexibility index (Phi) is 6.90. The topological polar surface area (TPSA) is 58.1 Å². The Balaban J connectivity index is 1.87. The molecule has 0 aliphatic carbocycles. The first-order valence-corrected chi connectivity index (χ1v) is 10.4. The van der Waals surface area contributed by atoms with Gasteiger partial charge in [-0.1, -0.05) is 84.0 Å². The maximum absolute atomic E-state index is 12.9. The number of thioether (sulfide) groups is 1. The molecule has 2 aromatic carbocycles. The number of nitrogens with zero attached hydrogens (tertiary/aromatic N) is 3. The molecule has 1 aromatic heterocycles. The molecule has 0 unspecified atom stereocenters. The predicted octanol–water partition coefficient (Wildman–Crippen LogP) is 4.42. The van der Waals surface area contributed by atoms with E-state index in [2.05, 4.69) is 15.3 Å². The van der Waals surface area contributed by atoms with E-state index in [9.17, 15) is 4.79 Å². The van der Waals surface area contributed by atoms with Gasteiger partial charge in [0.05, 0.1) is 0 Å². The van der Waals surface area contributed by atoms with Gasteiger partial charge in [-0.15, -0.1) is 0 Å². The Hall–Kier alpha value is -2.57. The van der Waals surface area contributed by atoms with Crippen LogP contribution in [0.2, 0.25) is 5.15 Å². The summed E-state index contributed by atoms with van der Waals surface area (Å²) >= 11 is 7.77. The van der Waals surface area contributed by atoms with E-state index in [1.165, 1.54) is 11.8 Å². The SMILES string of the molecule is CSc1nc(Cl)c(C(=O)NCc2ccccc2)c(N(C)Cc2ccccc2)n1. The van der Waals surface area contributed by atoms with Gasteiger partial charge in [0.15, 0.2) is 5.16 Å². The second-order valence-corrected chi connectivity index (χ2v) is 7.34. The number of hydrogen-bond acceptors (Lipinski definition) is 5. The average Bonchev–Trinajstić information content (AvgIpc) is 2.72. The number of aromatic nitrogens is 2. The Morgan fingerprint density at radius 1 is 1.04 bits per heavy atom. The average molecular weight is 413 g/mol. The van der Waals surface area contributed by atoms with Crippen LogP contribution in [0.15, 0.2) is 65.8 Å². The van der Waals surface area contributed by atoms with Crippen molar-refractivity contribution in [2.24, 2.45) is 0 Å². The Morgan fingerprint density at radius 3 is 2.25 bits per heavy atom. The monoisotopic (exact) mass is 412 g/mol. The zero-order valence-electron chi connectivity index (χ0n) is 15.7. The van der Waals surface area contributed by atoms with Gasteiger partial charge in [0.1, 0.15) is 16.5 Å². The third kappa shape index (κ3) is 5.03. The molecule has 5 nitrogen and oxygen atoms in total. The number of carbonyl (C=O) groups is 1. The summed E-state index contributed by atoms with van der Waals surface area (Å²) in [5.41, 5.74) is 2.41. The minimum absolute atomic E-state index is 0.153. The smallest absolute Gasteiger partial charge is 0.258 e. The number of anilines is 1. The molecule has 144 valence electrons. The second kappa shape index (κ2) is 9.57. The van der Waals surface area contributed by atoms with Gasteiger partial charge >= 0.3 is 0 Å². The van der Waals surface area contributed by atoms with Crippen LogP contribution in [0.1, 0.15) is 21.5 Å². The maximum atomic E-state index is 12.9. The fourth-order valence-electron chi connectivity index (χ4n) is 2.77. The minimum atomic E-state index is -0.295. The number of halogens is 1. The molecule has 3 rings (SSSR count). The zero-order chi connectivity index (χ0) is 19.9. The van der Waals surface area contributed by atoms with E-state index in [4.69, 9.17) is 11.6 Å². The van der Waals surface area contributed by atoms with Gasteiger partial charge in [0.2, 0.25) is 0 Å². The molecular weight excluding hydrogens is 392 g/mol. The number of rotatable bonds is 7. The summed E-state index contributed by atoms with van der Waals surface area (Å²) in [7, 11) is 1.89. The summed E-state index contributed by atoms with van der Waals surface area (Å²) in [5.74, 6) is 0.218.